The summed E-state index contributed by atoms with van der Waals surface area (Å²) in [7, 11) is 0. The molecule has 0 spiro atoms. The van der Waals surface area contributed by atoms with E-state index >= 15 is 0 Å². The van der Waals surface area contributed by atoms with Crippen LogP contribution in [0.2, 0.25) is 0 Å². The number of carbonyl (C=O) groups is 1. The van der Waals surface area contributed by atoms with E-state index in [4.69, 9.17) is 19.9 Å². The molecule has 1 aromatic heterocycles. The Labute approximate surface area is 204 Å². The number of amides is 1. The monoisotopic (exact) mass is 468 g/mol. The molecule has 1 amide bonds. The molecule has 4 aromatic rings. The van der Waals surface area contributed by atoms with E-state index in [1.54, 1.807) is 0 Å². The Hall–Kier alpha value is -4.19. The van der Waals surface area contributed by atoms with Crippen molar-refractivity contribution in [3.63, 3.8) is 0 Å². The molecule has 0 radical (unpaired) electrons. The number of nitrogens with two attached hydrogens (primary N) is 1. The number of primary amides is 1. The number of rotatable bonds is 8. The SMILES string of the molecule is CCCc1c(-c2cccc(Oc3ccccc3)c2)c(C(N)=O)c(C)n1Cc1ccc2c(c1)OCO2. The van der Waals surface area contributed by atoms with E-state index in [1.165, 1.54) is 0 Å². The van der Waals surface area contributed by atoms with Crippen LogP contribution in [0.4, 0.5) is 0 Å². The number of nitrogens with zero attached hydrogens (tertiary/aromatic N) is 1. The maximum atomic E-state index is 12.7. The molecule has 0 aliphatic carbocycles. The Balaban J connectivity index is 1.59. The lowest BCUT2D eigenvalue weighted by molar-refractivity contribution is 0.1000. The minimum absolute atomic E-state index is 0.236. The van der Waals surface area contributed by atoms with Crippen molar-refractivity contribution >= 4 is 5.91 Å². The predicted octanol–water partition coefficient (Wildman–Crippen LogP) is 6.08. The van der Waals surface area contributed by atoms with Gasteiger partial charge in [0.2, 0.25) is 6.79 Å². The molecule has 0 bridgehead atoms. The molecule has 2 N–H and O–H groups in total. The first-order valence-corrected chi connectivity index (χ1v) is 11.8. The smallest absolute Gasteiger partial charge is 0.251 e. The van der Waals surface area contributed by atoms with E-state index in [0.717, 1.165) is 58.2 Å². The molecular formula is C29H28N2O4. The van der Waals surface area contributed by atoms with Crippen molar-refractivity contribution < 1.29 is 19.0 Å². The number of aromatic nitrogens is 1. The third-order valence-electron chi connectivity index (χ3n) is 6.24. The molecule has 1 aliphatic heterocycles. The molecule has 0 saturated heterocycles. The normalized spacial score (nSPS) is 12.1. The fourth-order valence-electron chi connectivity index (χ4n) is 4.68. The van der Waals surface area contributed by atoms with Gasteiger partial charge in [0.15, 0.2) is 11.5 Å². The van der Waals surface area contributed by atoms with Crippen molar-refractivity contribution in [2.75, 3.05) is 6.79 Å². The Morgan fingerprint density at radius 1 is 0.971 bits per heavy atom. The third-order valence-corrected chi connectivity index (χ3v) is 6.24. The van der Waals surface area contributed by atoms with Crippen molar-refractivity contribution in [1.29, 1.82) is 0 Å². The summed E-state index contributed by atoms with van der Waals surface area (Å²) >= 11 is 0. The number of fused-ring (bicyclic) bond motifs is 1. The predicted molar refractivity (Wildman–Crippen MR) is 135 cm³/mol. The topological polar surface area (TPSA) is 75.7 Å². The molecule has 35 heavy (non-hydrogen) atoms. The van der Waals surface area contributed by atoms with Gasteiger partial charge in [-0.05, 0) is 60.9 Å². The molecular weight excluding hydrogens is 440 g/mol. The number of carbonyl (C=O) groups excluding carboxylic acids is 1. The fourth-order valence-corrected chi connectivity index (χ4v) is 4.68. The molecule has 2 heterocycles. The van der Waals surface area contributed by atoms with Crippen LogP contribution in [0.1, 0.15) is 40.7 Å². The van der Waals surface area contributed by atoms with Gasteiger partial charge in [-0.15, -0.1) is 0 Å². The molecule has 5 rings (SSSR count). The molecule has 178 valence electrons. The second-order valence-corrected chi connectivity index (χ2v) is 8.61. The van der Waals surface area contributed by atoms with E-state index in [-0.39, 0.29) is 6.79 Å². The highest BCUT2D eigenvalue weighted by molar-refractivity contribution is 6.02. The zero-order valence-electron chi connectivity index (χ0n) is 19.9. The van der Waals surface area contributed by atoms with E-state index in [9.17, 15) is 4.79 Å². The van der Waals surface area contributed by atoms with Gasteiger partial charge in [0.05, 0.1) is 5.56 Å². The summed E-state index contributed by atoms with van der Waals surface area (Å²) in [4.78, 5) is 12.7. The van der Waals surface area contributed by atoms with Crippen molar-refractivity contribution in [2.24, 2.45) is 5.73 Å². The standard InChI is InChI=1S/C29H28N2O4/c1-3-8-24-28(21-9-7-12-23(16-21)35-22-10-5-4-6-11-22)27(29(30)32)19(2)31(24)17-20-13-14-25-26(15-20)34-18-33-25/h4-7,9-16H,3,8,17-18H2,1-2H3,(H2,30,32). The van der Waals surface area contributed by atoms with Gasteiger partial charge in [0, 0.05) is 23.5 Å². The lowest BCUT2D eigenvalue weighted by Crippen LogP contribution is -2.13. The van der Waals surface area contributed by atoms with Gasteiger partial charge in [-0.3, -0.25) is 4.79 Å². The van der Waals surface area contributed by atoms with Gasteiger partial charge in [-0.1, -0.05) is 49.7 Å². The number of ether oxygens (including phenoxy) is 3. The number of hydrogen-bond donors (Lipinski definition) is 1. The molecule has 0 atom stereocenters. The lowest BCUT2D eigenvalue weighted by atomic mass is 9.98. The van der Waals surface area contributed by atoms with E-state index < -0.39 is 5.91 Å². The van der Waals surface area contributed by atoms with Crippen LogP contribution in [0.15, 0.2) is 72.8 Å². The van der Waals surface area contributed by atoms with Gasteiger partial charge in [0.1, 0.15) is 11.5 Å². The lowest BCUT2D eigenvalue weighted by Gasteiger charge is -2.14. The van der Waals surface area contributed by atoms with Gasteiger partial charge in [0.25, 0.3) is 5.91 Å². The number of para-hydroxylation sites is 1. The van der Waals surface area contributed by atoms with Crippen LogP contribution in [-0.4, -0.2) is 17.3 Å². The second-order valence-electron chi connectivity index (χ2n) is 8.61. The van der Waals surface area contributed by atoms with Gasteiger partial charge >= 0.3 is 0 Å². The van der Waals surface area contributed by atoms with Gasteiger partial charge < -0.3 is 24.5 Å². The number of hydrogen-bond acceptors (Lipinski definition) is 4. The first kappa shape index (κ1) is 22.6. The Morgan fingerprint density at radius 2 is 1.74 bits per heavy atom. The second kappa shape index (κ2) is 9.58. The first-order valence-electron chi connectivity index (χ1n) is 11.8. The third kappa shape index (κ3) is 4.47. The van der Waals surface area contributed by atoms with Crippen LogP contribution in [-0.2, 0) is 13.0 Å². The zero-order valence-corrected chi connectivity index (χ0v) is 19.9. The van der Waals surface area contributed by atoms with Crippen LogP contribution in [0.3, 0.4) is 0 Å². The first-order chi connectivity index (χ1) is 17.0. The van der Waals surface area contributed by atoms with Crippen molar-refractivity contribution in [3.05, 3.63) is 95.3 Å². The maximum Gasteiger partial charge on any atom is 0.251 e. The average Bonchev–Trinajstić information content (AvgIpc) is 3.43. The minimum Gasteiger partial charge on any atom is -0.457 e. The minimum atomic E-state index is -0.436. The van der Waals surface area contributed by atoms with Gasteiger partial charge in [-0.2, -0.15) is 0 Å². The Morgan fingerprint density at radius 3 is 2.51 bits per heavy atom. The summed E-state index contributed by atoms with van der Waals surface area (Å²) in [6, 6.07) is 23.4. The fraction of sp³-hybridized carbons (Fsp3) is 0.207. The Bertz CT molecular complexity index is 1380. The zero-order chi connectivity index (χ0) is 24.4. The summed E-state index contributed by atoms with van der Waals surface area (Å²) < 4.78 is 19.3. The summed E-state index contributed by atoms with van der Waals surface area (Å²) in [6.07, 6.45) is 1.73. The molecule has 0 unspecified atom stereocenters. The van der Waals surface area contributed by atoms with E-state index in [1.807, 2.05) is 79.7 Å². The molecule has 1 aliphatic rings. The summed E-state index contributed by atoms with van der Waals surface area (Å²) in [5, 5.41) is 0. The van der Waals surface area contributed by atoms with Crippen LogP contribution in [0.5, 0.6) is 23.0 Å². The van der Waals surface area contributed by atoms with E-state index in [2.05, 4.69) is 11.5 Å². The molecule has 6 nitrogen and oxygen atoms in total. The largest absolute Gasteiger partial charge is 0.457 e. The van der Waals surface area contributed by atoms with Crippen molar-refractivity contribution in [1.82, 2.24) is 4.57 Å². The highest BCUT2D eigenvalue weighted by Crippen LogP contribution is 2.38. The number of benzene rings is 3. The summed E-state index contributed by atoms with van der Waals surface area (Å²) in [5.74, 6) is 2.51. The highest BCUT2D eigenvalue weighted by Gasteiger charge is 2.25. The van der Waals surface area contributed by atoms with E-state index in [0.29, 0.717) is 17.9 Å². The molecule has 0 fully saturated rings. The van der Waals surface area contributed by atoms with Crippen molar-refractivity contribution in [3.8, 4) is 34.1 Å². The average molecular weight is 469 g/mol. The van der Waals surface area contributed by atoms with Crippen LogP contribution >= 0.6 is 0 Å². The molecule has 6 heteroatoms. The van der Waals surface area contributed by atoms with Crippen molar-refractivity contribution in [2.45, 2.75) is 33.2 Å². The molecule has 3 aromatic carbocycles. The molecule has 0 saturated carbocycles. The maximum absolute atomic E-state index is 12.7. The highest BCUT2D eigenvalue weighted by atomic mass is 16.7. The quantitative estimate of drug-likeness (QED) is 0.340. The Kier molecular flexibility index (Phi) is 6.19. The summed E-state index contributed by atoms with van der Waals surface area (Å²) in [5.41, 5.74) is 11.3. The van der Waals surface area contributed by atoms with Crippen LogP contribution in [0, 0.1) is 6.92 Å². The summed E-state index contributed by atoms with van der Waals surface area (Å²) in [6.45, 7) is 4.92. The van der Waals surface area contributed by atoms with Crippen LogP contribution < -0.4 is 19.9 Å². The van der Waals surface area contributed by atoms with Gasteiger partial charge in [-0.25, -0.2) is 0 Å². The van der Waals surface area contributed by atoms with Crippen LogP contribution in [0.25, 0.3) is 11.1 Å².